The van der Waals surface area contributed by atoms with Crippen LogP contribution in [0.25, 0.3) is 10.9 Å². The Balaban J connectivity index is 1.56. The summed E-state index contributed by atoms with van der Waals surface area (Å²) >= 11 is 0. The van der Waals surface area contributed by atoms with Crippen molar-refractivity contribution in [2.75, 3.05) is 6.54 Å². The molecule has 4 aromatic rings. The molecule has 0 radical (unpaired) electrons. The van der Waals surface area contributed by atoms with Gasteiger partial charge in [0.15, 0.2) is 0 Å². The van der Waals surface area contributed by atoms with E-state index < -0.39 is 101 Å². The lowest BCUT2D eigenvalue weighted by atomic mass is 9.97. The van der Waals surface area contributed by atoms with Crippen LogP contribution in [-0.2, 0) is 52.8 Å². The molecule has 6 amide bonds. The molecule has 0 spiro atoms. The summed E-state index contributed by atoms with van der Waals surface area (Å²) in [5.74, 6) is -7.08. The van der Waals surface area contributed by atoms with Crippen LogP contribution in [0.15, 0.2) is 85.1 Å². The molecule has 0 saturated heterocycles. The number of aromatic nitrogens is 1. The number of hydrogen-bond donors (Lipinski definition) is 10. The van der Waals surface area contributed by atoms with Gasteiger partial charge >= 0.3 is 5.97 Å². The summed E-state index contributed by atoms with van der Waals surface area (Å²) < 4.78 is 14.0. The molecule has 18 heteroatoms. The molecular formula is C51H70FN9O8. The number of nitrogens with one attached hydrogen (secondary N) is 7. The molecule has 4 rings (SSSR count). The summed E-state index contributed by atoms with van der Waals surface area (Å²) in [4.78, 5) is 99.2. The monoisotopic (exact) mass is 956 g/mol. The molecule has 0 fully saturated rings. The second-order valence-corrected chi connectivity index (χ2v) is 18.6. The number of aliphatic carboxylic acids is 1. The van der Waals surface area contributed by atoms with Gasteiger partial charge in [0.05, 0.1) is 6.04 Å². The zero-order valence-electron chi connectivity index (χ0n) is 40.4. The number of amides is 6. The van der Waals surface area contributed by atoms with Crippen LogP contribution in [0.4, 0.5) is 4.39 Å². The Kier molecular flexibility index (Phi) is 21.3. The highest BCUT2D eigenvalue weighted by Gasteiger charge is 2.36. The van der Waals surface area contributed by atoms with Crippen molar-refractivity contribution in [3.8, 4) is 0 Å². The molecule has 69 heavy (non-hydrogen) atoms. The number of fused-ring (bicyclic) bond motifs is 1. The highest BCUT2D eigenvalue weighted by Crippen LogP contribution is 2.19. The van der Waals surface area contributed by atoms with Crippen LogP contribution in [0.5, 0.6) is 0 Å². The van der Waals surface area contributed by atoms with Crippen LogP contribution < -0.4 is 43.4 Å². The first-order valence-corrected chi connectivity index (χ1v) is 23.6. The van der Waals surface area contributed by atoms with Crippen LogP contribution in [-0.4, -0.2) is 100 Å². The van der Waals surface area contributed by atoms with Gasteiger partial charge in [0.2, 0.25) is 35.4 Å². The number of carbonyl (C=O) groups excluding carboxylic acids is 6. The number of rotatable bonds is 27. The number of carbonyl (C=O) groups is 7. The van der Waals surface area contributed by atoms with Crippen molar-refractivity contribution in [3.63, 3.8) is 0 Å². The standard InChI is InChI=1S/C51H70FN9O8/c1-29(2)24-42(51(68)69)59-46(63)39(18-12-13-23-53)56-49(66)43(30(3)4)61-50(67)44(31(5)6)60-48(65)41(26-33-19-21-35(52)22-20-33)58-47(64)40(25-32-14-8-7-9-15-32)57-45(62)37(54)27-34-28-55-38-17-11-10-16-36(34)38/h7-11,14-17,19-22,28-31,37,39-44,55H,12-13,18,23-27,53-54H2,1-6H3,(H,56,66)(H,57,62)(H,58,64)(H,59,63)(H,60,65)(H,61,67)(H,68,69)/t37-,39-,40-,41+,42-,43-,44-/m1/s1. The Labute approximate surface area is 403 Å². The van der Waals surface area contributed by atoms with Gasteiger partial charge in [-0.25, -0.2) is 9.18 Å². The van der Waals surface area contributed by atoms with E-state index in [0.717, 1.165) is 16.5 Å². The summed E-state index contributed by atoms with van der Waals surface area (Å²) in [7, 11) is 0. The van der Waals surface area contributed by atoms with Gasteiger partial charge in [0.25, 0.3) is 0 Å². The third-order valence-electron chi connectivity index (χ3n) is 11.7. The number of carboxylic acid groups (broad SMARTS) is 1. The maximum absolute atomic E-state index is 14.4. The number of halogens is 1. The van der Waals surface area contributed by atoms with Crippen LogP contribution in [0.2, 0.25) is 0 Å². The van der Waals surface area contributed by atoms with Gasteiger partial charge in [-0.3, -0.25) is 28.8 Å². The van der Waals surface area contributed by atoms with Gasteiger partial charge in [-0.05, 0) is 91.3 Å². The Morgan fingerprint density at radius 2 is 1.07 bits per heavy atom. The number of benzene rings is 3. The number of hydrogen-bond acceptors (Lipinski definition) is 9. The predicted molar refractivity (Wildman–Crippen MR) is 261 cm³/mol. The average Bonchev–Trinajstić information content (AvgIpc) is 3.71. The maximum atomic E-state index is 14.4. The number of aromatic amines is 1. The van der Waals surface area contributed by atoms with E-state index in [9.17, 15) is 43.1 Å². The molecule has 374 valence electrons. The third-order valence-corrected chi connectivity index (χ3v) is 11.7. The van der Waals surface area contributed by atoms with E-state index in [4.69, 9.17) is 11.5 Å². The minimum Gasteiger partial charge on any atom is -0.480 e. The first-order chi connectivity index (χ1) is 32.8. The number of para-hydroxylation sites is 1. The quantitative estimate of drug-likeness (QED) is 0.0390. The SMILES string of the molecule is CC(C)C[C@@H](NC(=O)[C@@H](CCCCN)NC(=O)[C@H](NC(=O)[C@H](NC(=O)[C@H](Cc1ccc(F)cc1)NC(=O)[C@@H](Cc1ccccc1)NC(=O)[C@H](N)Cc1c[nH]c2ccccc12)C(C)C)C(C)C)C(=O)O. The van der Waals surface area contributed by atoms with E-state index in [1.807, 2.05) is 44.2 Å². The minimum atomic E-state index is -1.35. The summed E-state index contributed by atoms with van der Waals surface area (Å²) in [5, 5.41) is 27.0. The number of carboxylic acids is 1. The number of H-pyrrole nitrogens is 1. The van der Waals surface area contributed by atoms with Crippen molar-refractivity contribution < 1.29 is 43.1 Å². The predicted octanol–water partition coefficient (Wildman–Crippen LogP) is 3.14. The molecule has 0 saturated carbocycles. The molecule has 0 aliphatic rings. The largest absolute Gasteiger partial charge is 0.480 e. The molecule has 7 atom stereocenters. The molecule has 0 unspecified atom stereocenters. The summed E-state index contributed by atoms with van der Waals surface area (Å²) in [5.41, 5.74) is 15.0. The first kappa shape index (κ1) is 54.9. The second-order valence-electron chi connectivity index (χ2n) is 18.6. The Morgan fingerprint density at radius 1 is 0.580 bits per heavy atom. The van der Waals surface area contributed by atoms with Crippen molar-refractivity contribution >= 4 is 52.3 Å². The fourth-order valence-electron chi connectivity index (χ4n) is 7.86. The van der Waals surface area contributed by atoms with E-state index >= 15 is 0 Å². The van der Waals surface area contributed by atoms with Crippen LogP contribution in [0.1, 0.15) is 83.9 Å². The molecule has 1 heterocycles. The highest BCUT2D eigenvalue weighted by atomic mass is 19.1. The van der Waals surface area contributed by atoms with Gasteiger partial charge in [0, 0.05) is 29.9 Å². The molecule has 0 bridgehead atoms. The fourth-order valence-corrected chi connectivity index (χ4v) is 7.86. The van der Waals surface area contributed by atoms with Gasteiger partial charge < -0.3 is 53.5 Å². The van der Waals surface area contributed by atoms with E-state index in [0.29, 0.717) is 30.5 Å². The van der Waals surface area contributed by atoms with Crippen molar-refractivity contribution in [1.29, 1.82) is 0 Å². The van der Waals surface area contributed by atoms with E-state index in [-0.39, 0.29) is 38.0 Å². The number of nitrogens with two attached hydrogens (primary N) is 2. The van der Waals surface area contributed by atoms with E-state index in [1.54, 1.807) is 58.2 Å². The normalized spacial score (nSPS) is 14.5. The highest BCUT2D eigenvalue weighted by molar-refractivity contribution is 5.97. The maximum Gasteiger partial charge on any atom is 0.326 e. The molecule has 0 aliphatic carbocycles. The Morgan fingerprint density at radius 3 is 1.65 bits per heavy atom. The molecule has 17 nitrogen and oxygen atoms in total. The molecule has 1 aromatic heterocycles. The van der Waals surface area contributed by atoms with E-state index in [1.165, 1.54) is 24.3 Å². The van der Waals surface area contributed by atoms with Crippen LogP contribution in [0.3, 0.4) is 0 Å². The summed E-state index contributed by atoms with van der Waals surface area (Å²) in [6.07, 6.45) is 3.15. The zero-order chi connectivity index (χ0) is 50.8. The van der Waals surface area contributed by atoms with Gasteiger partial charge in [0.1, 0.15) is 42.1 Å². The fraction of sp³-hybridized carbons (Fsp3) is 0.471. The minimum absolute atomic E-state index is 0.0341. The lowest BCUT2D eigenvalue weighted by Gasteiger charge is -2.30. The van der Waals surface area contributed by atoms with Crippen LogP contribution in [0, 0.1) is 23.6 Å². The topological polar surface area (TPSA) is 280 Å². The summed E-state index contributed by atoms with van der Waals surface area (Å²) in [6.45, 7) is 10.7. The van der Waals surface area contributed by atoms with Crippen molar-refractivity contribution in [2.24, 2.45) is 29.2 Å². The molecule has 3 aromatic carbocycles. The molecule has 0 aliphatic heterocycles. The molecular weight excluding hydrogens is 886 g/mol. The van der Waals surface area contributed by atoms with Crippen molar-refractivity contribution in [3.05, 3.63) is 108 Å². The van der Waals surface area contributed by atoms with Gasteiger partial charge in [-0.15, -0.1) is 0 Å². The Bertz CT molecular complexity index is 2340. The van der Waals surface area contributed by atoms with E-state index in [2.05, 4.69) is 36.9 Å². The second kappa shape index (κ2) is 26.8. The smallest absolute Gasteiger partial charge is 0.326 e. The average molecular weight is 956 g/mol. The van der Waals surface area contributed by atoms with Crippen LogP contribution >= 0.6 is 0 Å². The van der Waals surface area contributed by atoms with Gasteiger partial charge in [-0.1, -0.05) is 102 Å². The summed E-state index contributed by atoms with van der Waals surface area (Å²) in [6, 6.07) is 13.5. The van der Waals surface area contributed by atoms with Crippen molar-refractivity contribution in [1.82, 2.24) is 36.9 Å². The molecule has 12 N–H and O–H groups in total. The first-order valence-electron chi connectivity index (χ1n) is 23.6. The zero-order valence-corrected chi connectivity index (χ0v) is 40.4. The number of unbranched alkanes of at least 4 members (excludes halogenated alkanes) is 1. The van der Waals surface area contributed by atoms with Gasteiger partial charge in [-0.2, -0.15) is 0 Å². The lowest BCUT2D eigenvalue weighted by molar-refractivity contribution is -0.143. The Hall–Kier alpha value is -6.66. The third kappa shape index (κ3) is 17.1. The van der Waals surface area contributed by atoms with Crippen molar-refractivity contribution in [2.45, 2.75) is 129 Å². The lowest BCUT2D eigenvalue weighted by Crippen LogP contribution is -2.61.